The first-order valence-corrected chi connectivity index (χ1v) is 19.7. The molecule has 2 aliphatic heterocycles. The topological polar surface area (TPSA) is 138 Å². The molecule has 1 N–H and O–H groups in total. The maximum Gasteiger partial charge on any atom is 0.303 e. The standard InChI is InChI=1S/C29H38N2O7S.C11H13FO2/c1-21(32)38-29(19-36-28(2,3)37-20-29)16-15-23-7-11-24(12-8-23)26-18-27(33)31(26)25-13-9-22(10-14-25)6-5-17-30-39(4,34)35;1-3-11(14-8(2)13)9-4-6-10(12)7-5-9/h7-14,26,30H,5-6,15-20H2,1-4H3;4-7,11H,3H2,1-2H3. The van der Waals surface area contributed by atoms with Crippen molar-refractivity contribution >= 4 is 33.6 Å². The quantitative estimate of drug-likeness (QED) is 0.111. The number of sulfonamides is 1. The van der Waals surface area contributed by atoms with Crippen LogP contribution in [-0.4, -0.2) is 63.7 Å². The smallest absolute Gasteiger partial charge is 0.303 e. The lowest BCUT2D eigenvalue weighted by atomic mass is 9.90. The van der Waals surface area contributed by atoms with Gasteiger partial charge in [-0.3, -0.25) is 14.4 Å². The number of carbonyl (C=O) groups is 3. The molecule has 2 heterocycles. The number of carbonyl (C=O) groups excluding carboxylic acids is 3. The molecule has 2 saturated heterocycles. The minimum Gasteiger partial charge on any atom is -0.458 e. The van der Waals surface area contributed by atoms with Gasteiger partial charge in [-0.05, 0) is 92.5 Å². The van der Waals surface area contributed by atoms with Crippen LogP contribution >= 0.6 is 0 Å². The number of esters is 2. The number of amides is 1. The number of nitrogens with zero attached hydrogens (tertiary/aromatic N) is 1. The van der Waals surface area contributed by atoms with E-state index in [1.165, 1.54) is 26.0 Å². The summed E-state index contributed by atoms with van der Waals surface area (Å²) in [5.74, 6) is -1.58. The second-order valence-electron chi connectivity index (χ2n) is 14.0. The molecule has 0 aliphatic carbocycles. The van der Waals surface area contributed by atoms with Crippen LogP contribution in [0.25, 0.3) is 0 Å². The molecule has 53 heavy (non-hydrogen) atoms. The molecule has 0 radical (unpaired) electrons. The molecule has 2 atom stereocenters. The van der Waals surface area contributed by atoms with Gasteiger partial charge < -0.3 is 23.8 Å². The third-order valence-corrected chi connectivity index (χ3v) is 9.78. The van der Waals surface area contributed by atoms with Gasteiger partial charge in [-0.15, -0.1) is 0 Å². The molecule has 0 spiro atoms. The zero-order valence-corrected chi connectivity index (χ0v) is 32.2. The van der Waals surface area contributed by atoms with Crippen LogP contribution in [0.15, 0.2) is 72.8 Å². The first-order valence-electron chi connectivity index (χ1n) is 17.8. The van der Waals surface area contributed by atoms with E-state index in [0.29, 0.717) is 38.6 Å². The van der Waals surface area contributed by atoms with Crippen molar-refractivity contribution in [3.05, 3.63) is 101 Å². The molecule has 2 aliphatic rings. The molecule has 288 valence electrons. The molecule has 3 aromatic rings. The van der Waals surface area contributed by atoms with E-state index in [4.69, 9.17) is 18.9 Å². The van der Waals surface area contributed by atoms with Gasteiger partial charge in [-0.1, -0.05) is 55.5 Å². The molecule has 5 rings (SSSR count). The number of ether oxygens (including phenoxy) is 4. The lowest BCUT2D eigenvalue weighted by molar-refractivity contribution is -0.305. The lowest BCUT2D eigenvalue weighted by Crippen LogP contribution is -2.53. The van der Waals surface area contributed by atoms with Crippen molar-refractivity contribution in [1.82, 2.24) is 4.72 Å². The number of rotatable bonds is 14. The van der Waals surface area contributed by atoms with E-state index in [0.717, 1.165) is 40.6 Å². The Morgan fingerprint density at radius 2 is 1.51 bits per heavy atom. The minimum atomic E-state index is -3.18. The molecule has 3 aromatic carbocycles. The summed E-state index contributed by atoms with van der Waals surface area (Å²) in [6.45, 7) is 9.33. The lowest BCUT2D eigenvalue weighted by Gasteiger charge is -2.42. The normalized spacial score (nSPS) is 18.2. The number of benzene rings is 3. The second-order valence-corrected chi connectivity index (χ2v) is 15.8. The van der Waals surface area contributed by atoms with Gasteiger partial charge in [0.15, 0.2) is 11.4 Å². The Balaban J connectivity index is 0.000000376. The van der Waals surface area contributed by atoms with Gasteiger partial charge in [-0.2, -0.15) is 0 Å². The average molecular weight is 755 g/mol. The van der Waals surface area contributed by atoms with Crippen LogP contribution in [0.2, 0.25) is 0 Å². The van der Waals surface area contributed by atoms with E-state index in [-0.39, 0.29) is 49.0 Å². The Morgan fingerprint density at radius 1 is 0.925 bits per heavy atom. The van der Waals surface area contributed by atoms with E-state index < -0.39 is 21.4 Å². The highest BCUT2D eigenvalue weighted by molar-refractivity contribution is 7.88. The van der Waals surface area contributed by atoms with Gasteiger partial charge in [0.05, 0.1) is 31.9 Å². The zero-order chi connectivity index (χ0) is 38.8. The van der Waals surface area contributed by atoms with Gasteiger partial charge in [-0.25, -0.2) is 17.5 Å². The van der Waals surface area contributed by atoms with Crippen molar-refractivity contribution in [2.45, 2.75) is 96.7 Å². The fourth-order valence-electron chi connectivity index (χ4n) is 6.18. The van der Waals surface area contributed by atoms with Crippen LogP contribution in [0.3, 0.4) is 0 Å². The van der Waals surface area contributed by atoms with Gasteiger partial charge >= 0.3 is 11.9 Å². The molecule has 11 nitrogen and oxygen atoms in total. The van der Waals surface area contributed by atoms with Gasteiger partial charge in [0.2, 0.25) is 15.9 Å². The molecule has 1 amide bonds. The number of hydrogen-bond acceptors (Lipinski definition) is 9. The van der Waals surface area contributed by atoms with Crippen LogP contribution in [0.5, 0.6) is 0 Å². The monoisotopic (exact) mass is 754 g/mol. The van der Waals surface area contributed by atoms with Gasteiger partial charge in [0, 0.05) is 26.1 Å². The Morgan fingerprint density at radius 3 is 2.04 bits per heavy atom. The summed E-state index contributed by atoms with van der Waals surface area (Å²) in [7, 11) is -3.18. The number of halogens is 1. The molecule has 0 bridgehead atoms. The summed E-state index contributed by atoms with van der Waals surface area (Å²) in [5, 5.41) is 0. The number of β-lactam (4-membered cyclic amide) rings is 1. The van der Waals surface area contributed by atoms with Crippen molar-refractivity contribution in [2.75, 3.05) is 30.9 Å². The molecular formula is C40H51FN2O9S. The third-order valence-electron chi connectivity index (χ3n) is 9.05. The van der Waals surface area contributed by atoms with Gasteiger partial charge in [0.25, 0.3) is 0 Å². The van der Waals surface area contributed by atoms with Crippen molar-refractivity contribution in [3.63, 3.8) is 0 Å². The SMILES string of the molecule is CC(=O)OC1(CCc2ccc(C3CC(=O)N3c3ccc(CCCNS(C)(=O)=O)cc3)cc2)COC(C)(C)OC1.CCC(OC(C)=O)c1ccc(F)cc1. The number of anilines is 1. The molecule has 0 saturated carbocycles. The summed E-state index contributed by atoms with van der Waals surface area (Å²) in [4.78, 5) is 36.8. The molecule has 0 aromatic heterocycles. The predicted molar refractivity (Wildman–Crippen MR) is 199 cm³/mol. The summed E-state index contributed by atoms with van der Waals surface area (Å²) >= 11 is 0. The van der Waals surface area contributed by atoms with E-state index in [9.17, 15) is 27.2 Å². The predicted octanol–water partition coefficient (Wildman–Crippen LogP) is 6.50. The number of hydrogen-bond donors (Lipinski definition) is 1. The Bertz CT molecular complexity index is 1790. The second kappa shape index (κ2) is 18.2. The summed E-state index contributed by atoms with van der Waals surface area (Å²) < 4.78 is 59.8. The van der Waals surface area contributed by atoms with Crippen LogP contribution in [0.4, 0.5) is 10.1 Å². The van der Waals surface area contributed by atoms with Crippen molar-refractivity contribution in [3.8, 4) is 0 Å². The highest BCUT2D eigenvalue weighted by Crippen LogP contribution is 2.39. The Kier molecular flexibility index (Phi) is 14.3. The van der Waals surface area contributed by atoms with E-state index >= 15 is 0 Å². The summed E-state index contributed by atoms with van der Waals surface area (Å²) in [5.41, 5.74) is 4.11. The molecule has 2 unspecified atom stereocenters. The highest BCUT2D eigenvalue weighted by Gasteiger charge is 2.43. The van der Waals surface area contributed by atoms with Crippen molar-refractivity contribution in [1.29, 1.82) is 0 Å². The number of aryl methyl sites for hydroxylation is 2. The van der Waals surface area contributed by atoms with Crippen molar-refractivity contribution < 1.29 is 46.1 Å². The first-order chi connectivity index (χ1) is 25.0. The summed E-state index contributed by atoms with van der Waals surface area (Å²) in [6, 6.07) is 22.0. The van der Waals surface area contributed by atoms with Crippen molar-refractivity contribution in [2.24, 2.45) is 0 Å². The fraction of sp³-hybridized carbons (Fsp3) is 0.475. The fourth-order valence-corrected chi connectivity index (χ4v) is 6.69. The van der Waals surface area contributed by atoms with Crippen LogP contribution in [0, 0.1) is 5.82 Å². The molecule has 2 fully saturated rings. The Hall–Kier alpha value is -4.17. The van der Waals surface area contributed by atoms with Gasteiger partial charge in [0.1, 0.15) is 11.9 Å². The number of nitrogens with one attached hydrogen (secondary N) is 1. The minimum absolute atomic E-state index is 0.0221. The maximum atomic E-state index is 12.6. The first kappa shape index (κ1) is 41.6. The van der Waals surface area contributed by atoms with Crippen LogP contribution in [0.1, 0.15) is 94.7 Å². The average Bonchev–Trinajstić information content (AvgIpc) is 3.09. The van der Waals surface area contributed by atoms with Crippen LogP contribution < -0.4 is 9.62 Å². The summed E-state index contributed by atoms with van der Waals surface area (Å²) in [6.07, 6.45) is 4.74. The zero-order valence-electron chi connectivity index (χ0n) is 31.4. The van der Waals surface area contributed by atoms with E-state index in [1.54, 1.807) is 12.1 Å². The van der Waals surface area contributed by atoms with E-state index in [2.05, 4.69) is 29.0 Å². The largest absolute Gasteiger partial charge is 0.458 e. The third kappa shape index (κ3) is 12.7. The van der Waals surface area contributed by atoms with E-state index in [1.807, 2.05) is 49.9 Å². The molecule has 13 heteroatoms. The maximum absolute atomic E-state index is 12.6. The van der Waals surface area contributed by atoms with Crippen LogP contribution in [-0.2, 0) is 56.2 Å². The Labute approximate surface area is 312 Å². The highest BCUT2D eigenvalue weighted by atomic mass is 32.2. The molecular weight excluding hydrogens is 704 g/mol.